The molecule has 42 heavy (non-hydrogen) atoms. The zero-order chi connectivity index (χ0) is 29.5. The Morgan fingerprint density at radius 2 is 1.74 bits per heavy atom. The molecule has 9 nitrogen and oxygen atoms in total. The van der Waals surface area contributed by atoms with Gasteiger partial charge in [0.15, 0.2) is 0 Å². The minimum Gasteiger partial charge on any atom is -0.474 e. The second-order valence-electron chi connectivity index (χ2n) is 10.8. The second-order valence-corrected chi connectivity index (χ2v) is 10.8. The molecule has 2 fully saturated rings. The van der Waals surface area contributed by atoms with E-state index in [1.807, 2.05) is 61.6 Å². The number of aromatic nitrogens is 1. The van der Waals surface area contributed by atoms with E-state index >= 15 is 0 Å². The monoisotopic (exact) mass is 575 g/mol. The van der Waals surface area contributed by atoms with Gasteiger partial charge < -0.3 is 29.5 Å². The fourth-order valence-electron chi connectivity index (χ4n) is 5.24. The smallest absolute Gasteiger partial charge is 0.254 e. The molecule has 1 aromatic heterocycles. The fourth-order valence-corrected chi connectivity index (χ4v) is 5.24. The van der Waals surface area contributed by atoms with Crippen molar-refractivity contribution >= 4 is 23.2 Å². The van der Waals surface area contributed by atoms with Gasteiger partial charge >= 0.3 is 0 Å². The van der Waals surface area contributed by atoms with Crippen molar-refractivity contribution in [2.45, 2.75) is 25.4 Å². The molecular weight excluding hydrogens is 537 g/mol. The highest BCUT2D eigenvalue weighted by Crippen LogP contribution is 2.23. The van der Waals surface area contributed by atoms with Gasteiger partial charge in [0.05, 0.1) is 36.2 Å². The zero-order valence-corrected chi connectivity index (χ0v) is 24.2. The summed E-state index contributed by atoms with van der Waals surface area (Å²) < 4.78 is 25.7. The Bertz CT molecular complexity index is 1350. The van der Waals surface area contributed by atoms with Crippen LogP contribution in [0.25, 0.3) is 0 Å². The Balaban J connectivity index is 1.13. The molecule has 3 aromatic rings. The number of nitrogens with one attached hydrogen (secondary N) is 1. The molecule has 2 aliphatic rings. The number of anilines is 2. The lowest BCUT2D eigenvalue weighted by atomic mass is 10.0. The van der Waals surface area contributed by atoms with Gasteiger partial charge in [-0.3, -0.25) is 9.59 Å². The van der Waals surface area contributed by atoms with Crippen molar-refractivity contribution in [3.8, 4) is 5.88 Å². The third-order valence-corrected chi connectivity index (χ3v) is 7.72. The highest BCUT2D eigenvalue weighted by molar-refractivity contribution is 6.07. The standard InChI is InChI=1S/C32H38FN5O4/c1-36(2)25-6-3-23(4-7-25)11-14-34-31(39)28-9-5-24(33)21-29(28)32(40)38-15-12-27(13-16-38)42-30-10-8-26(22-35-30)37-17-19-41-20-18-37/h3-10,21-22,27H,11-20H2,1-2H3,(H,34,39). The van der Waals surface area contributed by atoms with Crippen LogP contribution in [0.1, 0.15) is 39.1 Å². The molecule has 0 bridgehead atoms. The highest BCUT2D eigenvalue weighted by atomic mass is 19.1. The molecule has 2 aromatic carbocycles. The quantitative estimate of drug-likeness (QED) is 0.416. The van der Waals surface area contributed by atoms with E-state index in [0.29, 0.717) is 58.0 Å². The first kappa shape index (κ1) is 29.3. The predicted molar refractivity (Wildman–Crippen MR) is 160 cm³/mol. The molecule has 0 unspecified atom stereocenters. The summed E-state index contributed by atoms with van der Waals surface area (Å²) in [4.78, 5) is 36.8. The third-order valence-electron chi connectivity index (χ3n) is 7.72. The Morgan fingerprint density at radius 1 is 1.00 bits per heavy atom. The maximum atomic E-state index is 14.2. The lowest BCUT2D eigenvalue weighted by Crippen LogP contribution is -2.42. The van der Waals surface area contributed by atoms with Crippen LogP contribution in [0.5, 0.6) is 5.88 Å². The second kappa shape index (κ2) is 13.7. The van der Waals surface area contributed by atoms with E-state index < -0.39 is 11.7 Å². The normalized spacial score (nSPS) is 15.8. The fraction of sp³-hybridized carbons (Fsp3) is 0.406. The van der Waals surface area contributed by atoms with Crippen molar-refractivity contribution in [2.24, 2.45) is 0 Å². The topological polar surface area (TPSA) is 87.2 Å². The van der Waals surface area contributed by atoms with Crippen LogP contribution in [0.2, 0.25) is 0 Å². The van der Waals surface area contributed by atoms with Crippen molar-refractivity contribution in [1.82, 2.24) is 15.2 Å². The van der Waals surface area contributed by atoms with Crippen molar-refractivity contribution in [3.05, 3.63) is 83.3 Å². The van der Waals surface area contributed by atoms with Crippen LogP contribution < -0.4 is 19.9 Å². The van der Waals surface area contributed by atoms with Gasteiger partial charge in [-0.15, -0.1) is 0 Å². The molecule has 2 aliphatic heterocycles. The molecule has 0 saturated carbocycles. The molecule has 0 atom stereocenters. The molecule has 222 valence electrons. The maximum absolute atomic E-state index is 14.2. The number of likely N-dealkylation sites (tertiary alicyclic amines) is 1. The molecule has 0 aliphatic carbocycles. The molecular formula is C32H38FN5O4. The Hall–Kier alpha value is -4.18. The number of nitrogens with zero attached hydrogens (tertiary/aromatic N) is 4. The van der Waals surface area contributed by atoms with Crippen LogP contribution in [0.3, 0.4) is 0 Å². The molecule has 3 heterocycles. The van der Waals surface area contributed by atoms with E-state index in [9.17, 15) is 14.0 Å². The van der Waals surface area contributed by atoms with E-state index in [1.54, 1.807) is 4.90 Å². The van der Waals surface area contributed by atoms with Crippen LogP contribution in [0.4, 0.5) is 15.8 Å². The molecule has 5 rings (SSSR count). The Labute approximate surface area is 246 Å². The van der Waals surface area contributed by atoms with Crippen LogP contribution in [0.15, 0.2) is 60.8 Å². The first-order valence-electron chi connectivity index (χ1n) is 14.5. The summed E-state index contributed by atoms with van der Waals surface area (Å²) in [5.74, 6) is -0.756. The number of hydrogen-bond donors (Lipinski definition) is 1. The molecule has 0 radical (unpaired) electrons. The molecule has 10 heteroatoms. The number of halogens is 1. The zero-order valence-electron chi connectivity index (χ0n) is 24.2. The van der Waals surface area contributed by atoms with Gasteiger partial charge in [0.2, 0.25) is 5.88 Å². The average molecular weight is 576 g/mol. The van der Waals surface area contributed by atoms with Gasteiger partial charge in [0.25, 0.3) is 11.8 Å². The third kappa shape index (κ3) is 7.36. The van der Waals surface area contributed by atoms with E-state index in [2.05, 4.69) is 15.2 Å². The van der Waals surface area contributed by atoms with E-state index in [4.69, 9.17) is 9.47 Å². The average Bonchev–Trinajstić information content (AvgIpc) is 3.02. The number of amides is 2. The molecule has 2 saturated heterocycles. The van der Waals surface area contributed by atoms with Gasteiger partial charge in [-0.05, 0) is 48.4 Å². The molecule has 0 spiro atoms. The van der Waals surface area contributed by atoms with Gasteiger partial charge in [-0.25, -0.2) is 9.37 Å². The van der Waals surface area contributed by atoms with Crippen molar-refractivity contribution < 1.29 is 23.5 Å². The Kier molecular flexibility index (Phi) is 9.53. The first-order valence-corrected chi connectivity index (χ1v) is 14.5. The summed E-state index contributed by atoms with van der Waals surface area (Å²) >= 11 is 0. The number of carbonyl (C=O) groups excluding carboxylic acids is 2. The van der Waals surface area contributed by atoms with Crippen molar-refractivity contribution in [2.75, 3.05) is 69.8 Å². The van der Waals surface area contributed by atoms with Crippen LogP contribution in [-0.2, 0) is 11.2 Å². The van der Waals surface area contributed by atoms with Gasteiger partial charge in [-0.2, -0.15) is 0 Å². The van der Waals surface area contributed by atoms with Crippen molar-refractivity contribution in [3.63, 3.8) is 0 Å². The van der Waals surface area contributed by atoms with Gasteiger partial charge in [0, 0.05) is 71.4 Å². The van der Waals surface area contributed by atoms with E-state index in [0.717, 1.165) is 36.1 Å². The number of benzene rings is 2. The summed E-state index contributed by atoms with van der Waals surface area (Å²) in [6, 6.07) is 15.7. The van der Waals surface area contributed by atoms with Gasteiger partial charge in [0.1, 0.15) is 11.9 Å². The van der Waals surface area contributed by atoms with Crippen LogP contribution >= 0.6 is 0 Å². The van der Waals surface area contributed by atoms with Crippen molar-refractivity contribution in [1.29, 1.82) is 0 Å². The SMILES string of the molecule is CN(C)c1ccc(CCNC(=O)c2ccc(F)cc2C(=O)N2CCC(Oc3ccc(N4CCOCC4)cn3)CC2)cc1. The minimum absolute atomic E-state index is 0.0718. The lowest BCUT2D eigenvalue weighted by Gasteiger charge is -2.32. The summed E-state index contributed by atoms with van der Waals surface area (Å²) in [5.41, 5.74) is 3.47. The van der Waals surface area contributed by atoms with E-state index in [-0.39, 0.29) is 23.1 Å². The Morgan fingerprint density at radius 3 is 2.40 bits per heavy atom. The van der Waals surface area contributed by atoms with Crippen LogP contribution in [-0.4, -0.2) is 87.8 Å². The van der Waals surface area contributed by atoms with E-state index in [1.165, 1.54) is 12.1 Å². The number of ether oxygens (including phenoxy) is 2. The largest absolute Gasteiger partial charge is 0.474 e. The molecule has 1 N–H and O–H groups in total. The summed E-state index contributed by atoms with van der Waals surface area (Å²) in [6.07, 6.45) is 3.60. The number of pyridine rings is 1. The number of rotatable bonds is 9. The number of hydrogen-bond acceptors (Lipinski definition) is 7. The number of carbonyl (C=O) groups is 2. The lowest BCUT2D eigenvalue weighted by molar-refractivity contribution is 0.0584. The van der Waals surface area contributed by atoms with Crippen LogP contribution in [0, 0.1) is 5.82 Å². The number of morpholine rings is 1. The molecule has 2 amide bonds. The first-order chi connectivity index (χ1) is 20.4. The minimum atomic E-state index is -0.555. The highest BCUT2D eigenvalue weighted by Gasteiger charge is 2.28. The summed E-state index contributed by atoms with van der Waals surface area (Å²) in [7, 11) is 3.97. The number of piperidine rings is 1. The predicted octanol–water partition coefficient (Wildman–Crippen LogP) is 3.78. The maximum Gasteiger partial charge on any atom is 0.254 e. The van der Waals surface area contributed by atoms with Gasteiger partial charge in [-0.1, -0.05) is 12.1 Å². The summed E-state index contributed by atoms with van der Waals surface area (Å²) in [5, 5.41) is 2.88. The summed E-state index contributed by atoms with van der Waals surface area (Å²) in [6.45, 7) is 4.39.